The number of carbonyl (C=O) groups excluding carboxylic acids is 1. The third kappa shape index (κ3) is 4.48. The van der Waals surface area contributed by atoms with Crippen molar-refractivity contribution in [2.24, 2.45) is 0 Å². The van der Waals surface area contributed by atoms with Gasteiger partial charge >= 0.3 is 0 Å². The molecule has 0 bridgehead atoms. The molecule has 2 aromatic rings. The standard InChI is InChI=1S/C20H24N2O4S/c1-21(2)27(24,25)19-12-10-16(11-13-19)20(23)22-14-6-9-18(15-22)26-17-7-4-3-5-8-17/h3-5,7-8,10-13,18H,6,9,14-15H2,1-2H3. The first-order valence-corrected chi connectivity index (χ1v) is 10.4. The van der Waals surface area contributed by atoms with E-state index in [2.05, 4.69) is 0 Å². The fourth-order valence-corrected chi connectivity index (χ4v) is 3.97. The highest BCUT2D eigenvalue weighted by Crippen LogP contribution is 2.20. The van der Waals surface area contributed by atoms with E-state index >= 15 is 0 Å². The molecule has 1 saturated heterocycles. The molecule has 1 fully saturated rings. The van der Waals surface area contributed by atoms with Crippen LogP contribution in [0.4, 0.5) is 0 Å². The molecule has 1 amide bonds. The smallest absolute Gasteiger partial charge is 0.253 e. The first-order chi connectivity index (χ1) is 12.9. The van der Waals surface area contributed by atoms with Crippen LogP contribution in [0.1, 0.15) is 23.2 Å². The molecule has 2 aromatic carbocycles. The Morgan fingerprint density at radius 2 is 1.74 bits per heavy atom. The van der Waals surface area contributed by atoms with E-state index in [1.54, 1.807) is 17.0 Å². The van der Waals surface area contributed by atoms with Crippen molar-refractivity contribution in [1.82, 2.24) is 9.21 Å². The van der Waals surface area contributed by atoms with Gasteiger partial charge in [-0.05, 0) is 49.2 Å². The summed E-state index contributed by atoms with van der Waals surface area (Å²) in [6.07, 6.45) is 1.73. The summed E-state index contributed by atoms with van der Waals surface area (Å²) in [5.41, 5.74) is 0.480. The quantitative estimate of drug-likeness (QED) is 0.790. The Bertz CT molecular complexity index is 880. The second-order valence-corrected chi connectivity index (χ2v) is 8.91. The lowest BCUT2D eigenvalue weighted by Crippen LogP contribution is -2.44. The average Bonchev–Trinajstić information content (AvgIpc) is 2.68. The summed E-state index contributed by atoms with van der Waals surface area (Å²) in [5, 5.41) is 0. The molecular weight excluding hydrogens is 364 g/mol. The van der Waals surface area contributed by atoms with Gasteiger partial charge < -0.3 is 9.64 Å². The van der Waals surface area contributed by atoms with E-state index in [9.17, 15) is 13.2 Å². The number of ether oxygens (including phenoxy) is 1. The molecular formula is C20H24N2O4S. The number of benzene rings is 2. The van der Waals surface area contributed by atoms with E-state index in [-0.39, 0.29) is 16.9 Å². The van der Waals surface area contributed by atoms with Gasteiger partial charge in [-0.25, -0.2) is 12.7 Å². The van der Waals surface area contributed by atoms with Crippen LogP contribution in [0.2, 0.25) is 0 Å². The number of carbonyl (C=O) groups is 1. The predicted octanol–water partition coefficient (Wildman–Crippen LogP) is 2.62. The summed E-state index contributed by atoms with van der Waals surface area (Å²) in [6, 6.07) is 15.7. The zero-order valence-electron chi connectivity index (χ0n) is 15.5. The number of hydrogen-bond donors (Lipinski definition) is 0. The lowest BCUT2D eigenvalue weighted by Gasteiger charge is -2.33. The molecule has 0 spiro atoms. The van der Waals surface area contributed by atoms with E-state index in [1.807, 2.05) is 30.3 Å². The van der Waals surface area contributed by atoms with E-state index in [0.717, 1.165) is 22.9 Å². The van der Waals surface area contributed by atoms with Gasteiger partial charge in [-0.3, -0.25) is 4.79 Å². The fraction of sp³-hybridized carbons (Fsp3) is 0.350. The summed E-state index contributed by atoms with van der Waals surface area (Å²) in [6.45, 7) is 1.19. The number of para-hydroxylation sites is 1. The van der Waals surface area contributed by atoms with E-state index in [4.69, 9.17) is 4.74 Å². The van der Waals surface area contributed by atoms with Crippen molar-refractivity contribution in [3.8, 4) is 5.75 Å². The van der Waals surface area contributed by atoms with Crippen LogP contribution in [-0.2, 0) is 10.0 Å². The molecule has 0 saturated carbocycles. The van der Waals surface area contributed by atoms with Crippen molar-refractivity contribution < 1.29 is 17.9 Å². The van der Waals surface area contributed by atoms with Gasteiger partial charge in [-0.2, -0.15) is 0 Å². The molecule has 1 aliphatic rings. The van der Waals surface area contributed by atoms with Crippen LogP contribution in [0.15, 0.2) is 59.5 Å². The topological polar surface area (TPSA) is 66.9 Å². The van der Waals surface area contributed by atoms with Gasteiger partial charge in [0.2, 0.25) is 10.0 Å². The number of piperidine rings is 1. The van der Waals surface area contributed by atoms with Crippen molar-refractivity contribution >= 4 is 15.9 Å². The maximum Gasteiger partial charge on any atom is 0.253 e. The molecule has 0 aromatic heterocycles. The van der Waals surface area contributed by atoms with Gasteiger partial charge in [0.05, 0.1) is 11.4 Å². The largest absolute Gasteiger partial charge is 0.489 e. The Morgan fingerprint density at radius 1 is 1.07 bits per heavy atom. The molecule has 6 nitrogen and oxygen atoms in total. The normalized spacial score (nSPS) is 17.7. The molecule has 7 heteroatoms. The van der Waals surface area contributed by atoms with Crippen LogP contribution < -0.4 is 4.74 Å². The molecule has 144 valence electrons. The molecule has 3 rings (SSSR count). The molecule has 27 heavy (non-hydrogen) atoms. The maximum atomic E-state index is 12.8. The SMILES string of the molecule is CN(C)S(=O)(=O)c1ccc(C(=O)N2CCCC(Oc3ccccc3)C2)cc1. The monoisotopic (exact) mass is 388 g/mol. The molecule has 0 aliphatic carbocycles. The molecule has 1 atom stereocenters. The second-order valence-electron chi connectivity index (χ2n) is 6.76. The molecule has 1 aliphatic heterocycles. The third-order valence-electron chi connectivity index (χ3n) is 4.59. The minimum atomic E-state index is -3.50. The van der Waals surface area contributed by atoms with Crippen molar-refractivity contribution in [3.63, 3.8) is 0 Å². The zero-order chi connectivity index (χ0) is 19.4. The fourth-order valence-electron chi connectivity index (χ4n) is 3.07. The highest BCUT2D eigenvalue weighted by molar-refractivity contribution is 7.89. The third-order valence-corrected chi connectivity index (χ3v) is 6.42. The van der Waals surface area contributed by atoms with Crippen LogP contribution in [0.3, 0.4) is 0 Å². The summed E-state index contributed by atoms with van der Waals surface area (Å²) in [5.74, 6) is 0.695. The zero-order valence-corrected chi connectivity index (χ0v) is 16.4. The van der Waals surface area contributed by atoms with Crippen molar-refractivity contribution in [2.75, 3.05) is 27.2 Å². The first kappa shape index (κ1) is 19.4. The number of hydrogen-bond acceptors (Lipinski definition) is 4. The molecule has 0 radical (unpaired) electrons. The number of amides is 1. The van der Waals surface area contributed by atoms with E-state index in [1.165, 1.54) is 26.2 Å². The highest BCUT2D eigenvalue weighted by Gasteiger charge is 2.26. The first-order valence-electron chi connectivity index (χ1n) is 8.91. The van der Waals surface area contributed by atoms with Crippen LogP contribution >= 0.6 is 0 Å². The maximum absolute atomic E-state index is 12.8. The summed E-state index contributed by atoms with van der Waals surface area (Å²) < 4.78 is 31.4. The Balaban J connectivity index is 1.68. The molecule has 0 N–H and O–H groups in total. The minimum absolute atomic E-state index is 0.0431. The Hall–Kier alpha value is -2.38. The van der Waals surface area contributed by atoms with Gasteiger partial charge in [0.15, 0.2) is 0 Å². The van der Waals surface area contributed by atoms with Gasteiger partial charge in [0, 0.05) is 26.2 Å². The van der Waals surface area contributed by atoms with Crippen LogP contribution in [0, 0.1) is 0 Å². The summed E-state index contributed by atoms with van der Waals surface area (Å²) >= 11 is 0. The van der Waals surface area contributed by atoms with Crippen molar-refractivity contribution in [3.05, 3.63) is 60.2 Å². The van der Waals surface area contributed by atoms with Crippen LogP contribution in [0.25, 0.3) is 0 Å². The number of likely N-dealkylation sites (tertiary alicyclic amines) is 1. The van der Waals surface area contributed by atoms with E-state index in [0.29, 0.717) is 18.7 Å². The molecule has 1 heterocycles. The second kappa shape index (κ2) is 8.10. The lowest BCUT2D eigenvalue weighted by atomic mass is 10.1. The van der Waals surface area contributed by atoms with Crippen molar-refractivity contribution in [1.29, 1.82) is 0 Å². The summed E-state index contributed by atoms with van der Waals surface area (Å²) in [7, 11) is -0.537. The Kier molecular flexibility index (Phi) is 5.82. The lowest BCUT2D eigenvalue weighted by molar-refractivity contribution is 0.0538. The Labute approximate surface area is 160 Å². The summed E-state index contributed by atoms with van der Waals surface area (Å²) in [4.78, 5) is 14.7. The van der Waals surface area contributed by atoms with Gasteiger partial charge in [-0.1, -0.05) is 18.2 Å². The van der Waals surface area contributed by atoms with Gasteiger partial charge in [-0.15, -0.1) is 0 Å². The van der Waals surface area contributed by atoms with Gasteiger partial charge in [0.1, 0.15) is 11.9 Å². The number of nitrogens with zero attached hydrogens (tertiary/aromatic N) is 2. The van der Waals surface area contributed by atoms with Crippen molar-refractivity contribution in [2.45, 2.75) is 23.8 Å². The number of rotatable bonds is 5. The van der Waals surface area contributed by atoms with Gasteiger partial charge in [0.25, 0.3) is 5.91 Å². The highest BCUT2D eigenvalue weighted by atomic mass is 32.2. The average molecular weight is 388 g/mol. The van der Waals surface area contributed by atoms with Crippen LogP contribution in [-0.4, -0.2) is 56.8 Å². The van der Waals surface area contributed by atoms with E-state index < -0.39 is 10.0 Å². The molecule has 1 unspecified atom stereocenters. The van der Waals surface area contributed by atoms with Crippen LogP contribution in [0.5, 0.6) is 5.75 Å². The Morgan fingerprint density at radius 3 is 2.37 bits per heavy atom. The minimum Gasteiger partial charge on any atom is -0.489 e. The predicted molar refractivity (Wildman–Crippen MR) is 103 cm³/mol. The number of sulfonamides is 1.